The smallest absolute Gasteiger partial charge is 0.0668 e. The molecule has 1 aromatic heterocycles. The van der Waals surface area contributed by atoms with Crippen LogP contribution in [-0.4, -0.2) is 4.57 Å². The van der Waals surface area contributed by atoms with E-state index < -0.39 is 0 Å². The van der Waals surface area contributed by atoms with Crippen molar-refractivity contribution < 1.29 is 0 Å². The van der Waals surface area contributed by atoms with E-state index in [0.29, 0.717) is 0 Å². The molecule has 0 N–H and O–H groups in total. The molecule has 1 heterocycles. The fourth-order valence-electron chi connectivity index (χ4n) is 0.421. The highest BCUT2D eigenvalue weighted by Gasteiger charge is 1.61. The molecule has 0 aliphatic heterocycles. The summed E-state index contributed by atoms with van der Waals surface area (Å²) in [5.74, 6) is 0. The van der Waals surface area contributed by atoms with Gasteiger partial charge in [-0.1, -0.05) is 12.4 Å². The van der Waals surface area contributed by atoms with Gasteiger partial charge in [-0.3, -0.25) is 0 Å². The van der Waals surface area contributed by atoms with Gasteiger partial charge >= 0.3 is 0 Å². The van der Waals surface area contributed by atoms with Gasteiger partial charge in [0.1, 0.15) is 0 Å². The lowest BCUT2D eigenvalue weighted by Gasteiger charge is -1.93. The van der Waals surface area contributed by atoms with Crippen LogP contribution in [0.5, 0.6) is 0 Å². The second-order valence-electron chi connectivity index (χ2n) is 1.23. The maximum atomic E-state index is 3.53. The first kappa shape index (κ1) is 4.19. The minimum atomic E-state index is 1.69. The Balaban J connectivity index is 2.96. The van der Waals surface area contributed by atoms with Gasteiger partial charge in [0, 0.05) is 0 Å². The molecule has 0 saturated heterocycles. The molecule has 1 aromatic rings. The van der Waals surface area contributed by atoms with Gasteiger partial charge in [0.15, 0.2) is 0 Å². The molecule has 0 atom stereocenters. The van der Waals surface area contributed by atoms with Crippen molar-refractivity contribution in [2.75, 3.05) is 0 Å². The van der Waals surface area contributed by atoms with Crippen LogP contribution in [0.25, 0.3) is 6.20 Å². The Bertz CT molecular complexity index is 139. The predicted octanol–water partition coefficient (Wildman–Crippen LogP) is 1.39. The summed E-state index contributed by atoms with van der Waals surface area (Å²) in [4.78, 5) is 0. The van der Waals surface area contributed by atoms with Gasteiger partial charge in [0.25, 0.3) is 0 Å². The zero-order chi connectivity index (χ0) is 5.11. The molecule has 0 saturated carbocycles. The van der Waals surface area contributed by atoms with Crippen LogP contribution in [0.15, 0.2) is 24.9 Å². The Morgan fingerprint density at radius 1 is 1.71 bits per heavy atom. The summed E-state index contributed by atoms with van der Waals surface area (Å²) in [5.41, 5.74) is 0. The Labute approximate surface area is 42.9 Å². The van der Waals surface area contributed by atoms with E-state index in [2.05, 4.69) is 12.8 Å². The number of nitrogens with zero attached hydrogens (tertiary/aromatic N) is 1. The second kappa shape index (κ2) is 1.65. The van der Waals surface area contributed by atoms with Crippen molar-refractivity contribution in [3.8, 4) is 0 Å². The summed E-state index contributed by atoms with van der Waals surface area (Å²) in [5, 5.41) is 0. The highest BCUT2D eigenvalue weighted by atomic mass is 14.9. The number of aromatic nitrogens is 1. The van der Waals surface area contributed by atoms with Crippen molar-refractivity contribution in [3.63, 3.8) is 0 Å². The highest BCUT2D eigenvalue weighted by molar-refractivity contribution is 5.16. The van der Waals surface area contributed by atoms with Crippen LogP contribution in [0.3, 0.4) is 0 Å². The lowest BCUT2D eigenvalue weighted by Crippen LogP contribution is -1.73. The van der Waals surface area contributed by atoms with Crippen LogP contribution in [0, 0.1) is 6.20 Å². The largest absolute Gasteiger partial charge is 0.457 e. The third-order valence-electron chi connectivity index (χ3n) is 0.763. The summed E-state index contributed by atoms with van der Waals surface area (Å²) in [6.45, 7) is 3.53. The van der Waals surface area contributed by atoms with Crippen molar-refractivity contribution >= 4 is 6.20 Å². The molecule has 0 radical (unpaired) electrons. The van der Waals surface area contributed by atoms with E-state index in [4.69, 9.17) is 0 Å². The molecule has 0 spiro atoms. The van der Waals surface area contributed by atoms with Crippen molar-refractivity contribution in [3.05, 3.63) is 31.1 Å². The van der Waals surface area contributed by atoms with E-state index in [1.165, 1.54) is 0 Å². The van der Waals surface area contributed by atoms with Gasteiger partial charge in [-0.2, -0.15) is 6.07 Å². The Morgan fingerprint density at radius 3 is 2.86 bits per heavy atom. The summed E-state index contributed by atoms with van der Waals surface area (Å²) in [6, 6.07) is 3.74. The van der Waals surface area contributed by atoms with E-state index >= 15 is 0 Å². The zero-order valence-electron chi connectivity index (χ0n) is 3.96. The van der Waals surface area contributed by atoms with Crippen LogP contribution in [-0.2, 0) is 0 Å². The molecule has 1 heteroatoms. The van der Waals surface area contributed by atoms with Crippen molar-refractivity contribution in [1.29, 1.82) is 0 Å². The highest BCUT2D eigenvalue weighted by Crippen LogP contribution is 1.85. The SMILES string of the molecule is C=Cn1[c-]ccc1. The standard InChI is InChI=1S/C6H6N/c1-2-7-5-3-4-6-7/h2-5H,1H2/q-1. The fourth-order valence-corrected chi connectivity index (χ4v) is 0.421. The van der Waals surface area contributed by atoms with Crippen molar-refractivity contribution in [1.82, 2.24) is 4.57 Å². The monoisotopic (exact) mass is 92.1 g/mol. The molecule has 0 aliphatic rings. The minimum Gasteiger partial charge on any atom is -0.457 e. The second-order valence-corrected chi connectivity index (χ2v) is 1.23. The van der Waals surface area contributed by atoms with Crippen LogP contribution in [0.4, 0.5) is 0 Å². The van der Waals surface area contributed by atoms with E-state index in [0.717, 1.165) is 0 Å². The molecule has 7 heavy (non-hydrogen) atoms. The van der Waals surface area contributed by atoms with E-state index in [9.17, 15) is 0 Å². The van der Waals surface area contributed by atoms with Crippen LogP contribution >= 0.6 is 0 Å². The fraction of sp³-hybridized carbons (Fsp3) is 0. The average molecular weight is 92.1 g/mol. The predicted molar refractivity (Wildman–Crippen MR) is 29.7 cm³/mol. The third kappa shape index (κ3) is 0.712. The van der Waals surface area contributed by atoms with Gasteiger partial charge in [0.2, 0.25) is 0 Å². The van der Waals surface area contributed by atoms with Gasteiger partial charge in [-0.25, -0.2) is 0 Å². The quantitative estimate of drug-likeness (QED) is 0.461. The molecular formula is C6H6N-. The molecule has 0 aromatic carbocycles. The number of hydrogen-bond acceptors (Lipinski definition) is 0. The van der Waals surface area contributed by atoms with E-state index in [1.54, 1.807) is 10.8 Å². The summed E-state index contributed by atoms with van der Waals surface area (Å²) in [6.07, 6.45) is 6.46. The zero-order valence-corrected chi connectivity index (χ0v) is 3.96. The molecular weight excluding hydrogens is 86.1 g/mol. The average Bonchev–Trinajstić information content (AvgIpc) is 2.14. The minimum absolute atomic E-state index is 1.69. The van der Waals surface area contributed by atoms with Crippen molar-refractivity contribution in [2.24, 2.45) is 0 Å². The first-order chi connectivity index (χ1) is 3.43. The number of hydrogen-bond donors (Lipinski definition) is 0. The third-order valence-corrected chi connectivity index (χ3v) is 0.763. The van der Waals surface area contributed by atoms with E-state index in [1.807, 2.05) is 18.3 Å². The molecule has 1 rings (SSSR count). The van der Waals surface area contributed by atoms with Crippen LogP contribution in [0.1, 0.15) is 0 Å². The van der Waals surface area contributed by atoms with E-state index in [-0.39, 0.29) is 0 Å². The van der Waals surface area contributed by atoms with Gasteiger partial charge in [0.05, 0.1) is 0 Å². The van der Waals surface area contributed by atoms with Crippen molar-refractivity contribution in [2.45, 2.75) is 0 Å². The summed E-state index contributed by atoms with van der Waals surface area (Å²) in [7, 11) is 0. The van der Waals surface area contributed by atoms with Crippen LogP contribution < -0.4 is 0 Å². The normalized spacial score (nSPS) is 8.57. The lowest BCUT2D eigenvalue weighted by molar-refractivity contribution is 1.16. The topological polar surface area (TPSA) is 4.93 Å². The number of rotatable bonds is 1. The molecule has 0 amide bonds. The van der Waals surface area contributed by atoms with Gasteiger partial charge in [-0.05, 0) is 0 Å². The maximum Gasteiger partial charge on any atom is -0.0668 e. The lowest BCUT2D eigenvalue weighted by atomic mass is 10.7. The Hall–Kier alpha value is -0.980. The molecule has 1 nitrogen and oxygen atoms in total. The molecule has 0 unspecified atom stereocenters. The van der Waals surface area contributed by atoms with Gasteiger partial charge in [-0.15, -0.1) is 18.8 Å². The first-order valence-corrected chi connectivity index (χ1v) is 2.10. The van der Waals surface area contributed by atoms with Gasteiger partial charge < -0.3 is 4.57 Å². The summed E-state index contributed by atoms with van der Waals surface area (Å²) >= 11 is 0. The molecule has 0 aliphatic carbocycles. The Morgan fingerprint density at radius 2 is 2.57 bits per heavy atom. The Kier molecular flexibility index (Phi) is 0.984. The molecule has 36 valence electrons. The molecule has 0 fully saturated rings. The van der Waals surface area contributed by atoms with Crippen LogP contribution in [0.2, 0.25) is 0 Å². The molecule has 0 bridgehead atoms. The summed E-state index contributed by atoms with van der Waals surface area (Å²) < 4.78 is 1.76. The first-order valence-electron chi connectivity index (χ1n) is 2.10. The maximum absolute atomic E-state index is 3.53.